The molecule has 0 unspecified atom stereocenters. The third-order valence-corrected chi connectivity index (χ3v) is 8.15. The van der Waals surface area contributed by atoms with E-state index in [1.165, 1.54) is 32.0 Å². The summed E-state index contributed by atoms with van der Waals surface area (Å²) in [5, 5.41) is 9.41. The third kappa shape index (κ3) is 5.39. The SMILES string of the molecule is CCOC(=O)C1=C(C)N=c2s/c(=C\c3ccc(-c4cc(C(=O)O)ccc4C)o3)c(=O)n2[C@@H]1c1cc(OC)c(OC)c(OC)c1. The van der Waals surface area contributed by atoms with Crippen molar-refractivity contribution in [2.24, 2.45) is 4.99 Å². The summed E-state index contributed by atoms with van der Waals surface area (Å²) in [6.07, 6.45) is 1.60. The number of aryl methyl sites for hydroxylation is 1. The molecule has 4 aromatic rings. The van der Waals surface area contributed by atoms with Gasteiger partial charge in [0.1, 0.15) is 11.5 Å². The lowest BCUT2D eigenvalue weighted by molar-refractivity contribution is -0.139. The molecule has 11 nitrogen and oxygen atoms in total. The van der Waals surface area contributed by atoms with Crippen LogP contribution >= 0.6 is 11.3 Å². The van der Waals surface area contributed by atoms with E-state index >= 15 is 0 Å². The van der Waals surface area contributed by atoms with Crippen LogP contribution in [0.3, 0.4) is 0 Å². The maximum atomic E-state index is 14.0. The zero-order chi connectivity index (χ0) is 31.7. The lowest BCUT2D eigenvalue weighted by atomic mass is 9.95. The Morgan fingerprint density at radius 1 is 1.05 bits per heavy atom. The molecule has 12 heteroatoms. The number of carbonyl (C=O) groups excluding carboxylic acids is 1. The van der Waals surface area contributed by atoms with E-state index in [1.807, 2.05) is 6.92 Å². The molecular formula is C32H30N2O9S. The minimum Gasteiger partial charge on any atom is -0.493 e. The molecule has 1 aliphatic heterocycles. The predicted octanol–water partition coefficient (Wildman–Crippen LogP) is 4.09. The number of benzene rings is 2. The number of hydrogen-bond acceptors (Lipinski definition) is 10. The molecule has 0 radical (unpaired) electrons. The maximum Gasteiger partial charge on any atom is 0.338 e. The molecule has 0 saturated carbocycles. The van der Waals surface area contributed by atoms with Crippen LogP contribution < -0.4 is 29.1 Å². The number of carboxylic acids is 1. The van der Waals surface area contributed by atoms with E-state index in [1.54, 1.807) is 56.3 Å². The third-order valence-electron chi connectivity index (χ3n) is 7.17. The average molecular weight is 619 g/mol. The van der Waals surface area contributed by atoms with Crippen molar-refractivity contribution in [3.05, 3.63) is 95.9 Å². The predicted molar refractivity (Wildman–Crippen MR) is 162 cm³/mol. The number of rotatable bonds is 9. The summed E-state index contributed by atoms with van der Waals surface area (Å²) in [7, 11) is 4.45. The molecule has 1 atom stereocenters. The fourth-order valence-corrected chi connectivity index (χ4v) is 6.12. The molecule has 0 fully saturated rings. The van der Waals surface area contributed by atoms with Gasteiger partial charge in [0.2, 0.25) is 5.75 Å². The summed E-state index contributed by atoms with van der Waals surface area (Å²) in [6, 6.07) is 10.7. The highest BCUT2D eigenvalue weighted by atomic mass is 32.1. The number of thiazole rings is 1. The van der Waals surface area contributed by atoms with Gasteiger partial charge in [-0.2, -0.15) is 0 Å². The van der Waals surface area contributed by atoms with Crippen LogP contribution in [0.15, 0.2) is 67.9 Å². The van der Waals surface area contributed by atoms with Crippen molar-refractivity contribution >= 4 is 29.4 Å². The molecule has 0 saturated heterocycles. The molecule has 228 valence electrons. The smallest absolute Gasteiger partial charge is 0.338 e. The van der Waals surface area contributed by atoms with E-state index in [0.29, 0.717) is 54.9 Å². The number of esters is 1. The summed E-state index contributed by atoms with van der Waals surface area (Å²) >= 11 is 1.15. The van der Waals surface area contributed by atoms with Gasteiger partial charge in [-0.25, -0.2) is 14.6 Å². The highest BCUT2D eigenvalue weighted by molar-refractivity contribution is 7.07. The second-order valence-electron chi connectivity index (χ2n) is 9.80. The second-order valence-corrected chi connectivity index (χ2v) is 10.8. The molecular weight excluding hydrogens is 588 g/mol. The van der Waals surface area contributed by atoms with Crippen LogP contribution in [0.4, 0.5) is 0 Å². The lowest BCUT2D eigenvalue weighted by Crippen LogP contribution is -2.40. The van der Waals surface area contributed by atoms with E-state index in [-0.39, 0.29) is 17.7 Å². The number of hydrogen-bond donors (Lipinski definition) is 1. The van der Waals surface area contributed by atoms with Gasteiger partial charge in [0.05, 0.1) is 55.3 Å². The van der Waals surface area contributed by atoms with Crippen molar-refractivity contribution < 1.29 is 38.1 Å². The zero-order valence-corrected chi connectivity index (χ0v) is 25.7. The van der Waals surface area contributed by atoms with Crippen molar-refractivity contribution in [3.63, 3.8) is 0 Å². The van der Waals surface area contributed by atoms with Gasteiger partial charge in [-0.15, -0.1) is 0 Å². The Kier molecular flexibility index (Phi) is 8.45. The van der Waals surface area contributed by atoms with Crippen LogP contribution in [0.5, 0.6) is 17.2 Å². The number of methoxy groups -OCH3 is 3. The molecule has 0 bridgehead atoms. The first-order chi connectivity index (χ1) is 21.1. The number of carbonyl (C=O) groups is 2. The summed E-state index contributed by atoms with van der Waals surface area (Å²) in [6.45, 7) is 5.39. The lowest BCUT2D eigenvalue weighted by Gasteiger charge is -2.26. The molecule has 5 rings (SSSR count). The number of carboxylic acid groups (broad SMARTS) is 1. The Morgan fingerprint density at radius 2 is 1.75 bits per heavy atom. The van der Waals surface area contributed by atoms with Gasteiger partial charge in [0.25, 0.3) is 5.56 Å². The first-order valence-electron chi connectivity index (χ1n) is 13.6. The molecule has 1 aliphatic rings. The first-order valence-corrected chi connectivity index (χ1v) is 14.4. The van der Waals surface area contributed by atoms with Gasteiger partial charge in [-0.3, -0.25) is 9.36 Å². The number of fused-ring (bicyclic) bond motifs is 1. The minimum absolute atomic E-state index is 0.136. The molecule has 3 heterocycles. The second kappa shape index (κ2) is 12.3. The number of aromatic carboxylic acids is 1. The number of furan rings is 1. The van der Waals surface area contributed by atoms with E-state index in [0.717, 1.165) is 16.9 Å². The van der Waals surface area contributed by atoms with Crippen LogP contribution in [-0.2, 0) is 9.53 Å². The largest absolute Gasteiger partial charge is 0.493 e. The maximum absolute atomic E-state index is 14.0. The van der Waals surface area contributed by atoms with E-state index < -0.39 is 23.5 Å². The number of nitrogens with zero attached hydrogens (tertiary/aromatic N) is 2. The van der Waals surface area contributed by atoms with Crippen LogP contribution in [-0.4, -0.2) is 49.5 Å². The van der Waals surface area contributed by atoms with Crippen LogP contribution in [0.25, 0.3) is 17.4 Å². The number of ether oxygens (including phenoxy) is 4. The monoisotopic (exact) mass is 618 g/mol. The molecule has 0 spiro atoms. The molecule has 2 aromatic carbocycles. The van der Waals surface area contributed by atoms with Gasteiger partial charge in [0.15, 0.2) is 16.3 Å². The standard InChI is InChI=1S/C32H30N2O9S/c1-7-42-31(38)26-17(3)33-32-34(27(26)19-13-23(39-4)28(41-6)24(14-19)40-5)29(35)25(44-32)15-20-10-11-22(43-20)21-12-18(30(36)37)9-8-16(21)2/h8-15,27H,7H2,1-6H3,(H,36,37)/b25-15-/t27-/m1/s1. The van der Waals surface area contributed by atoms with E-state index in [4.69, 9.17) is 23.4 Å². The summed E-state index contributed by atoms with van der Waals surface area (Å²) in [5.74, 6) is 0.271. The highest BCUT2D eigenvalue weighted by Crippen LogP contribution is 2.42. The van der Waals surface area contributed by atoms with Crippen LogP contribution in [0.1, 0.15) is 47.1 Å². The van der Waals surface area contributed by atoms with Gasteiger partial charge in [0, 0.05) is 11.6 Å². The molecule has 0 aliphatic carbocycles. The normalized spacial score (nSPS) is 14.6. The first kappa shape index (κ1) is 30.4. The zero-order valence-electron chi connectivity index (χ0n) is 24.9. The molecule has 44 heavy (non-hydrogen) atoms. The minimum atomic E-state index is -1.04. The van der Waals surface area contributed by atoms with E-state index in [9.17, 15) is 19.5 Å². The Bertz CT molecular complexity index is 1970. The Balaban J connectivity index is 1.68. The summed E-state index contributed by atoms with van der Waals surface area (Å²) in [4.78, 5) is 43.8. The van der Waals surface area contributed by atoms with Gasteiger partial charge in [-0.1, -0.05) is 17.4 Å². The highest BCUT2D eigenvalue weighted by Gasteiger charge is 2.34. The van der Waals surface area contributed by atoms with Crippen molar-refractivity contribution in [1.29, 1.82) is 0 Å². The fraction of sp³-hybridized carbons (Fsp3) is 0.250. The molecule has 0 amide bonds. The van der Waals surface area contributed by atoms with Crippen LogP contribution in [0.2, 0.25) is 0 Å². The van der Waals surface area contributed by atoms with Crippen molar-refractivity contribution in [2.45, 2.75) is 26.8 Å². The number of allylic oxidation sites excluding steroid dienone is 1. The van der Waals surface area contributed by atoms with Crippen LogP contribution in [0, 0.1) is 6.92 Å². The van der Waals surface area contributed by atoms with Crippen molar-refractivity contribution in [2.75, 3.05) is 27.9 Å². The summed E-state index contributed by atoms with van der Waals surface area (Å²) < 4.78 is 29.8. The topological polar surface area (TPSA) is 139 Å². The molecule has 1 N–H and O–H groups in total. The van der Waals surface area contributed by atoms with Crippen molar-refractivity contribution in [1.82, 2.24) is 4.57 Å². The molecule has 2 aromatic heterocycles. The van der Waals surface area contributed by atoms with Gasteiger partial charge in [-0.05, 0) is 68.3 Å². The quantitative estimate of drug-likeness (QED) is 0.275. The number of aromatic nitrogens is 1. The van der Waals surface area contributed by atoms with Crippen molar-refractivity contribution in [3.8, 4) is 28.6 Å². The Hall–Kier alpha value is -5.10. The summed E-state index contributed by atoms with van der Waals surface area (Å²) in [5.41, 5.74) is 2.34. The average Bonchev–Trinajstić information content (AvgIpc) is 3.59. The van der Waals surface area contributed by atoms with Gasteiger partial charge < -0.3 is 28.5 Å². The Labute approximate surface area is 255 Å². The fourth-order valence-electron chi connectivity index (χ4n) is 5.09. The van der Waals surface area contributed by atoms with E-state index in [2.05, 4.69) is 4.99 Å². The Morgan fingerprint density at radius 3 is 2.36 bits per heavy atom. The van der Waals surface area contributed by atoms with Gasteiger partial charge >= 0.3 is 11.9 Å².